The van der Waals surface area contributed by atoms with Crippen LogP contribution in [-0.2, 0) is 0 Å². The van der Waals surface area contributed by atoms with Gasteiger partial charge in [-0.2, -0.15) is 0 Å². The molecular weight excluding hydrogens is 371 g/mol. The van der Waals surface area contributed by atoms with Crippen LogP contribution in [0.15, 0.2) is 22.7 Å². The lowest BCUT2D eigenvalue weighted by Gasteiger charge is -2.12. The third kappa shape index (κ3) is 5.98. The Morgan fingerprint density at radius 1 is 1.06 bits per heavy atom. The number of halogens is 3. The van der Waals surface area contributed by atoms with Gasteiger partial charge in [-0.15, -0.1) is 11.6 Å². The molecule has 0 bridgehead atoms. The standard InChI is InChI=1S/C12H15Br2ClO2/c13-5-1-7-16-11-4-3-10(14)9-12(11)17-8-2-6-15/h3-4,9H,1-2,5-8H2. The second-order valence-corrected chi connectivity index (χ2v) is 5.46. The zero-order chi connectivity index (χ0) is 12.5. The van der Waals surface area contributed by atoms with Crippen LogP contribution in [0.5, 0.6) is 11.5 Å². The van der Waals surface area contributed by atoms with Gasteiger partial charge in [-0.1, -0.05) is 31.9 Å². The van der Waals surface area contributed by atoms with E-state index in [1.807, 2.05) is 18.2 Å². The molecule has 0 spiro atoms. The molecule has 1 rings (SSSR count). The van der Waals surface area contributed by atoms with Crippen molar-refractivity contribution >= 4 is 43.5 Å². The zero-order valence-corrected chi connectivity index (χ0v) is 13.4. The van der Waals surface area contributed by atoms with Gasteiger partial charge < -0.3 is 9.47 Å². The number of rotatable bonds is 8. The zero-order valence-electron chi connectivity index (χ0n) is 9.43. The molecule has 0 atom stereocenters. The number of benzene rings is 1. The molecule has 0 heterocycles. The number of hydrogen-bond donors (Lipinski definition) is 0. The molecule has 0 saturated heterocycles. The highest BCUT2D eigenvalue weighted by Gasteiger charge is 2.05. The summed E-state index contributed by atoms with van der Waals surface area (Å²) in [5, 5.41) is 0.936. The molecule has 2 nitrogen and oxygen atoms in total. The summed E-state index contributed by atoms with van der Waals surface area (Å²) in [4.78, 5) is 0. The summed E-state index contributed by atoms with van der Waals surface area (Å²) in [6, 6.07) is 5.77. The number of hydrogen-bond acceptors (Lipinski definition) is 2. The average molecular weight is 387 g/mol. The molecule has 5 heteroatoms. The van der Waals surface area contributed by atoms with Crippen molar-refractivity contribution in [2.75, 3.05) is 24.4 Å². The number of ether oxygens (including phenoxy) is 2. The Bertz CT molecular complexity index is 334. The van der Waals surface area contributed by atoms with E-state index in [2.05, 4.69) is 31.9 Å². The van der Waals surface area contributed by atoms with E-state index in [-0.39, 0.29) is 0 Å². The Morgan fingerprint density at radius 2 is 1.76 bits per heavy atom. The molecule has 0 radical (unpaired) electrons. The maximum Gasteiger partial charge on any atom is 0.162 e. The summed E-state index contributed by atoms with van der Waals surface area (Å²) in [7, 11) is 0. The molecule has 96 valence electrons. The van der Waals surface area contributed by atoms with Crippen molar-refractivity contribution in [3.63, 3.8) is 0 Å². The smallest absolute Gasteiger partial charge is 0.162 e. The van der Waals surface area contributed by atoms with Gasteiger partial charge in [-0.3, -0.25) is 0 Å². The minimum Gasteiger partial charge on any atom is -0.490 e. The molecule has 0 aliphatic rings. The highest BCUT2D eigenvalue weighted by Crippen LogP contribution is 2.30. The maximum atomic E-state index is 5.65. The molecule has 0 fully saturated rings. The monoisotopic (exact) mass is 384 g/mol. The predicted octanol–water partition coefficient (Wildman–Crippen LogP) is 4.62. The van der Waals surface area contributed by atoms with E-state index >= 15 is 0 Å². The van der Waals surface area contributed by atoms with E-state index in [4.69, 9.17) is 21.1 Å². The first-order valence-electron chi connectivity index (χ1n) is 5.45. The van der Waals surface area contributed by atoms with Gasteiger partial charge in [-0.05, 0) is 31.0 Å². The van der Waals surface area contributed by atoms with Gasteiger partial charge in [0.25, 0.3) is 0 Å². The van der Waals surface area contributed by atoms with E-state index in [1.54, 1.807) is 0 Å². The molecule has 1 aromatic carbocycles. The maximum absolute atomic E-state index is 5.65. The van der Waals surface area contributed by atoms with Crippen LogP contribution in [0.25, 0.3) is 0 Å². The Kier molecular flexibility index (Phi) is 8.06. The molecule has 0 aromatic heterocycles. The average Bonchev–Trinajstić information content (AvgIpc) is 2.32. The van der Waals surface area contributed by atoms with Crippen molar-refractivity contribution < 1.29 is 9.47 Å². The fourth-order valence-electron chi connectivity index (χ4n) is 1.19. The summed E-state index contributed by atoms with van der Waals surface area (Å²) in [5.41, 5.74) is 0. The first-order valence-corrected chi connectivity index (χ1v) is 7.90. The van der Waals surface area contributed by atoms with Crippen molar-refractivity contribution in [1.82, 2.24) is 0 Å². The molecule has 0 N–H and O–H groups in total. The molecular formula is C12H15Br2ClO2. The van der Waals surface area contributed by atoms with Crippen molar-refractivity contribution in [2.24, 2.45) is 0 Å². The Balaban J connectivity index is 2.59. The lowest BCUT2D eigenvalue weighted by atomic mass is 10.3. The topological polar surface area (TPSA) is 18.5 Å². The normalized spacial score (nSPS) is 10.3. The summed E-state index contributed by atoms with van der Waals surface area (Å²) in [5.74, 6) is 2.15. The Labute approximate surface area is 124 Å². The van der Waals surface area contributed by atoms with Gasteiger partial charge in [0, 0.05) is 15.7 Å². The van der Waals surface area contributed by atoms with E-state index in [1.165, 1.54) is 0 Å². The Morgan fingerprint density at radius 3 is 2.47 bits per heavy atom. The van der Waals surface area contributed by atoms with Crippen molar-refractivity contribution in [3.05, 3.63) is 22.7 Å². The van der Waals surface area contributed by atoms with Crippen LogP contribution in [0.2, 0.25) is 0 Å². The van der Waals surface area contributed by atoms with Crippen LogP contribution in [0.3, 0.4) is 0 Å². The molecule has 0 aliphatic carbocycles. The van der Waals surface area contributed by atoms with Crippen LogP contribution < -0.4 is 9.47 Å². The van der Waals surface area contributed by atoms with E-state index < -0.39 is 0 Å². The summed E-state index contributed by atoms with van der Waals surface area (Å²) in [6.45, 7) is 1.29. The van der Waals surface area contributed by atoms with E-state index in [9.17, 15) is 0 Å². The predicted molar refractivity (Wildman–Crippen MR) is 78.9 cm³/mol. The van der Waals surface area contributed by atoms with Crippen LogP contribution in [-0.4, -0.2) is 24.4 Å². The fourth-order valence-corrected chi connectivity index (χ4v) is 1.87. The van der Waals surface area contributed by atoms with E-state index in [0.29, 0.717) is 19.1 Å². The summed E-state index contributed by atoms with van der Waals surface area (Å²) < 4.78 is 12.3. The third-order valence-corrected chi connectivity index (χ3v) is 3.30. The van der Waals surface area contributed by atoms with Gasteiger partial charge >= 0.3 is 0 Å². The van der Waals surface area contributed by atoms with Gasteiger partial charge in [0.05, 0.1) is 13.2 Å². The summed E-state index contributed by atoms with van der Waals surface area (Å²) >= 11 is 12.4. The lowest BCUT2D eigenvalue weighted by molar-refractivity contribution is 0.269. The molecule has 1 aromatic rings. The van der Waals surface area contributed by atoms with Gasteiger partial charge in [0.2, 0.25) is 0 Å². The van der Waals surface area contributed by atoms with Crippen LogP contribution in [0.1, 0.15) is 12.8 Å². The van der Waals surface area contributed by atoms with Crippen LogP contribution >= 0.6 is 43.5 Å². The molecule has 0 saturated carbocycles. The molecule has 0 aliphatic heterocycles. The first kappa shape index (κ1) is 15.1. The minimum absolute atomic E-state index is 0.605. The quantitative estimate of drug-likeness (QED) is 0.479. The lowest BCUT2D eigenvalue weighted by Crippen LogP contribution is -2.03. The minimum atomic E-state index is 0.605. The highest BCUT2D eigenvalue weighted by molar-refractivity contribution is 9.10. The fraction of sp³-hybridized carbons (Fsp3) is 0.500. The SMILES string of the molecule is ClCCCOc1cc(Br)ccc1OCCCBr. The highest BCUT2D eigenvalue weighted by atomic mass is 79.9. The van der Waals surface area contributed by atoms with E-state index in [0.717, 1.165) is 34.1 Å². The first-order chi connectivity index (χ1) is 8.27. The summed E-state index contributed by atoms with van der Waals surface area (Å²) in [6.07, 6.45) is 1.80. The van der Waals surface area contributed by atoms with Gasteiger partial charge in [0.15, 0.2) is 11.5 Å². The molecule has 0 unspecified atom stereocenters. The number of alkyl halides is 2. The van der Waals surface area contributed by atoms with Gasteiger partial charge in [-0.25, -0.2) is 0 Å². The van der Waals surface area contributed by atoms with Crippen molar-refractivity contribution in [3.8, 4) is 11.5 Å². The van der Waals surface area contributed by atoms with Gasteiger partial charge in [0.1, 0.15) is 0 Å². The van der Waals surface area contributed by atoms with Crippen molar-refractivity contribution in [1.29, 1.82) is 0 Å². The Hall–Kier alpha value is 0.0700. The largest absolute Gasteiger partial charge is 0.490 e. The van der Waals surface area contributed by atoms with Crippen LogP contribution in [0, 0.1) is 0 Å². The molecule has 0 amide bonds. The van der Waals surface area contributed by atoms with Crippen LogP contribution in [0.4, 0.5) is 0 Å². The second-order valence-electron chi connectivity index (χ2n) is 3.37. The second kappa shape index (κ2) is 9.06. The van der Waals surface area contributed by atoms with Crippen molar-refractivity contribution in [2.45, 2.75) is 12.8 Å². The third-order valence-electron chi connectivity index (χ3n) is 1.98. The molecule has 17 heavy (non-hydrogen) atoms.